The molecule has 0 atom stereocenters. The highest BCUT2D eigenvalue weighted by Gasteiger charge is 2.21. The SMILES string of the molecule is C=CCn1c(=O)c2cnc(Nc3ccc(C4CCN(C)CC4)cc3)nc2n1-c1cccc(CC(C)(C)O)n1. The zero-order valence-electron chi connectivity index (χ0n) is 22.3. The summed E-state index contributed by atoms with van der Waals surface area (Å²) < 4.78 is 3.24. The summed E-state index contributed by atoms with van der Waals surface area (Å²) in [6.07, 6.45) is 5.94. The molecule has 38 heavy (non-hydrogen) atoms. The fraction of sp³-hybridized carbons (Fsp3) is 0.379. The highest BCUT2D eigenvalue weighted by Crippen LogP contribution is 2.29. The molecule has 1 aliphatic heterocycles. The Morgan fingerprint density at radius 3 is 2.55 bits per heavy atom. The Bertz CT molecular complexity index is 1490. The van der Waals surface area contributed by atoms with Gasteiger partial charge in [0.1, 0.15) is 5.39 Å². The number of rotatable bonds is 8. The van der Waals surface area contributed by atoms with E-state index in [0.29, 0.717) is 40.8 Å². The molecular weight excluding hydrogens is 478 g/mol. The van der Waals surface area contributed by atoms with E-state index < -0.39 is 5.60 Å². The summed E-state index contributed by atoms with van der Waals surface area (Å²) in [5.41, 5.74) is 2.27. The third-order valence-electron chi connectivity index (χ3n) is 6.96. The summed E-state index contributed by atoms with van der Waals surface area (Å²) >= 11 is 0. The van der Waals surface area contributed by atoms with Gasteiger partial charge in [0.15, 0.2) is 11.5 Å². The number of benzene rings is 1. The van der Waals surface area contributed by atoms with Crippen LogP contribution in [0.3, 0.4) is 0 Å². The zero-order valence-corrected chi connectivity index (χ0v) is 22.3. The summed E-state index contributed by atoms with van der Waals surface area (Å²) in [6, 6.07) is 14.0. The smallest absolute Gasteiger partial charge is 0.278 e. The van der Waals surface area contributed by atoms with Crippen molar-refractivity contribution < 1.29 is 5.11 Å². The van der Waals surface area contributed by atoms with E-state index in [0.717, 1.165) is 18.8 Å². The predicted molar refractivity (Wildman–Crippen MR) is 150 cm³/mol. The first-order chi connectivity index (χ1) is 18.2. The van der Waals surface area contributed by atoms with Crippen LogP contribution in [0, 0.1) is 0 Å². The van der Waals surface area contributed by atoms with Crippen molar-refractivity contribution in [3.8, 4) is 5.82 Å². The van der Waals surface area contributed by atoms with E-state index in [2.05, 4.69) is 53.1 Å². The molecule has 0 amide bonds. The molecule has 3 aromatic heterocycles. The van der Waals surface area contributed by atoms with Gasteiger partial charge in [0, 0.05) is 24.0 Å². The topological polar surface area (TPSA) is 101 Å². The lowest BCUT2D eigenvalue weighted by Gasteiger charge is -2.29. The third kappa shape index (κ3) is 5.54. The lowest BCUT2D eigenvalue weighted by atomic mass is 9.89. The van der Waals surface area contributed by atoms with Gasteiger partial charge in [-0.05, 0) is 82.6 Å². The highest BCUT2D eigenvalue weighted by molar-refractivity contribution is 5.77. The normalized spacial score (nSPS) is 15.2. The number of aromatic nitrogens is 5. The molecule has 4 heterocycles. The lowest BCUT2D eigenvalue weighted by Crippen LogP contribution is -2.29. The molecule has 9 nitrogen and oxygen atoms in total. The molecule has 4 aromatic rings. The van der Waals surface area contributed by atoms with Crippen molar-refractivity contribution in [2.45, 2.75) is 51.2 Å². The molecule has 1 aliphatic rings. The van der Waals surface area contributed by atoms with Crippen LogP contribution < -0.4 is 10.9 Å². The van der Waals surface area contributed by atoms with Crippen LogP contribution in [0.15, 0.2) is 66.1 Å². The number of nitrogens with zero attached hydrogens (tertiary/aromatic N) is 6. The lowest BCUT2D eigenvalue weighted by molar-refractivity contribution is 0.0799. The molecule has 0 bridgehead atoms. The van der Waals surface area contributed by atoms with E-state index in [-0.39, 0.29) is 12.1 Å². The van der Waals surface area contributed by atoms with Crippen molar-refractivity contribution in [2.75, 3.05) is 25.5 Å². The average Bonchev–Trinajstić information content (AvgIpc) is 3.15. The van der Waals surface area contributed by atoms with Gasteiger partial charge in [-0.25, -0.2) is 19.3 Å². The molecule has 0 radical (unpaired) electrons. The average molecular weight is 514 g/mol. The molecule has 0 unspecified atom stereocenters. The van der Waals surface area contributed by atoms with Gasteiger partial charge in [0.05, 0.1) is 12.1 Å². The van der Waals surface area contributed by atoms with Crippen LogP contribution in [0.4, 0.5) is 11.6 Å². The monoisotopic (exact) mass is 513 g/mol. The van der Waals surface area contributed by atoms with Crippen LogP contribution in [0.25, 0.3) is 16.9 Å². The predicted octanol–water partition coefficient (Wildman–Crippen LogP) is 4.03. The number of likely N-dealkylation sites (tertiary alicyclic amines) is 1. The van der Waals surface area contributed by atoms with Crippen molar-refractivity contribution in [2.24, 2.45) is 0 Å². The van der Waals surface area contributed by atoms with Crippen LogP contribution >= 0.6 is 0 Å². The van der Waals surface area contributed by atoms with Gasteiger partial charge in [0.25, 0.3) is 5.56 Å². The van der Waals surface area contributed by atoms with Gasteiger partial charge in [-0.2, -0.15) is 4.98 Å². The second kappa shape index (κ2) is 10.5. The first-order valence-corrected chi connectivity index (χ1v) is 13.1. The van der Waals surface area contributed by atoms with Crippen LogP contribution in [-0.2, 0) is 13.0 Å². The Labute approximate surface area is 222 Å². The number of allylic oxidation sites excluding steroid dienone is 1. The fourth-order valence-corrected chi connectivity index (χ4v) is 5.04. The molecule has 0 spiro atoms. The third-order valence-corrected chi connectivity index (χ3v) is 6.96. The number of nitrogens with one attached hydrogen (secondary N) is 1. The second-order valence-electron chi connectivity index (χ2n) is 10.7. The fourth-order valence-electron chi connectivity index (χ4n) is 5.04. The quantitative estimate of drug-likeness (QED) is 0.343. The Hall–Kier alpha value is -3.82. The highest BCUT2D eigenvalue weighted by atomic mass is 16.3. The van der Waals surface area contributed by atoms with Crippen LogP contribution in [0.2, 0.25) is 0 Å². The summed E-state index contributed by atoms with van der Waals surface area (Å²) in [7, 11) is 2.17. The van der Waals surface area contributed by atoms with E-state index in [1.54, 1.807) is 35.5 Å². The zero-order chi connectivity index (χ0) is 26.9. The standard InChI is InChI=1S/C29H35N7O2/c1-5-15-35-27(37)24-19-30-28(32-22-11-9-20(10-12-22)21-13-16-34(4)17-14-21)33-26(24)36(35)25-8-6-7-23(31-25)18-29(2,3)38/h5-12,19,21,38H,1,13-18H2,2-4H3,(H,30,32,33). The number of pyridine rings is 1. The van der Waals surface area contributed by atoms with Crippen LogP contribution in [-0.4, -0.2) is 60.1 Å². The Morgan fingerprint density at radius 1 is 1.13 bits per heavy atom. The number of piperidine rings is 1. The second-order valence-corrected chi connectivity index (χ2v) is 10.7. The van der Waals surface area contributed by atoms with Gasteiger partial charge in [-0.3, -0.25) is 4.79 Å². The maximum Gasteiger partial charge on any atom is 0.278 e. The molecular formula is C29H35N7O2. The summed E-state index contributed by atoms with van der Waals surface area (Å²) in [6.45, 7) is 9.83. The van der Waals surface area contributed by atoms with Gasteiger partial charge in [0.2, 0.25) is 5.95 Å². The Balaban J connectivity index is 1.48. The number of fused-ring (bicyclic) bond motifs is 1. The molecule has 0 aliphatic carbocycles. The van der Waals surface area contributed by atoms with Crippen LogP contribution in [0.5, 0.6) is 0 Å². The van der Waals surface area contributed by atoms with Crippen molar-refractivity contribution in [3.63, 3.8) is 0 Å². The van der Waals surface area contributed by atoms with Gasteiger partial charge < -0.3 is 15.3 Å². The minimum Gasteiger partial charge on any atom is -0.390 e. The van der Waals surface area contributed by atoms with Crippen molar-refractivity contribution >= 4 is 22.7 Å². The minimum atomic E-state index is -0.909. The number of hydrogen-bond donors (Lipinski definition) is 2. The molecule has 1 saturated heterocycles. The van der Waals surface area contributed by atoms with Crippen molar-refractivity contribution in [3.05, 3.63) is 82.9 Å². The number of hydrogen-bond acceptors (Lipinski definition) is 7. The molecule has 1 aromatic carbocycles. The van der Waals surface area contributed by atoms with E-state index in [1.807, 2.05) is 18.2 Å². The Morgan fingerprint density at radius 2 is 1.87 bits per heavy atom. The molecule has 198 valence electrons. The molecule has 9 heteroatoms. The minimum absolute atomic E-state index is 0.219. The van der Waals surface area contributed by atoms with Gasteiger partial charge >= 0.3 is 0 Å². The van der Waals surface area contributed by atoms with E-state index in [1.165, 1.54) is 18.4 Å². The van der Waals surface area contributed by atoms with E-state index >= 15 is 0 Å². The van der Waals surface area contributed by atoms with Crippen molar-refractivity contribution in [1.82, 2.24) is 29.2 Å². The number of aliphatic hydroxyl groups is 1. The van der Waals surface area contributed by atoms with E-state index in [9.17, 15) is 9.90 Å². The maximum atomic E-state index is 13.2. The molecule has 0 saturated carbocycles. The first kappa shape index (κ1) is 25.8. The Kier molecular flexibility index (Phi) is 7.14. The molecule has 2 N–H and O–H groups in total. The maximum absolute atomic E-state index is 13.2. The molecule has 5 rings (SSSR count). The first-order valence-electron chi connectivity index (χ1n) is 13.1. The summed E-state index contributed by atoms with van der Waals surface area (Å²) in [5.74, 6) is 1.51. The summed E-state index contributed by atoms with van der Waals surface area (Å²) in [5, 5.41) is 14.0. The van der Waals surface area contributed by atoms with E-state index in [4.69, 9.17) is 9.97 Å². The largest absolute Gasteiger partial charge is 0.390 e. The number of anilines is 2. The van der Waals surface area contributed by atoms with Gasteiger partial charge in [-0.1, -0.05) is 24.3 Å². The van der Waals surface area contributed by atoms with Crippen LogP contribution in [0.1, 0.15) is 43.9 Å². The van der Waals surface area contributed by atoms with Gasteiger partial charge in [-0.15, -0.1) is 6.58 Å². The summed E-state index contributed by atoms with van der Waals surface area (Å²) in [4.78, 5) is 29.5. The van der Waals surface area contributed by atoms with Crippen molar-refractivity contribution in [1.29, 1.82) is 0 Å². The molecule has 1 fully saturated rings.